The summed E-state index contributed by atoms with van der Waals surface area (Å²) in [7, 11) is 1.96. The van der Waals surface area contributed by atoms with E-state index in [9.17, 15) is 4.79 Å². The van der Waals surface area contributed by atoms with Gasteiger partial charge in [0.1, 0.15) is 11.9 Å². The maximum atomic E-state index is 13.1. The summed E-state index contributed by atoms with van der Waals surface area (Å²) in [4.78, 5) is 21.2. The van der Waals surface area contributed by atoms with Crippen LogP contribution in [0, 0.1) is 0 Å². The lowest BCUT2D eigenvalue weighted by Gasteiger charge is -2.19. The molecule has 2 aromatic heterocycles. The number of aryl methyl sites for hydroxylation is 1. The van der Waals surface area contributed by atoms with Crippen molar-refractivity contribution in [2.75, 3.05) is 0 Å². The number of carbonyl (C=O) groups is 1. The molecule has 3 aromatic carbocycles. The molecule has 31 heavy (non-hydrogen) atoms. The van der Waals surface area contributed by atoms with E-state index in [1.165, 1.54) is 0 Å². The Bertz CT molecular complexity index is 1370. The minimum Gasteiger partial charge on any atom is -0.358 e. The predicted molar refractivity (Wildman–Crippen MR) is 124 cm³/mol. The molecule has 5 rings (SSSR count). The summed E-state index contributed by atoms with van der Waals surface area (Å²) in [5, 5.41) is 4.88. The van der Waals surface area contributed by atoms with Gasteiger partial charge in [0.05, 0.1) is 17.5 Å². The number of fused-ring (bicyclic) bond motifs is 2. The Morgan fingerprint density at radius 1 is 1.06 bits per heavy atom. The number of H-pyrrole nitrogens is 1. The Morgan fingerprint density at radius 2 is 1.87 bits per heavy atom. The first kappa shape index (κ1) is 19.4. The highest BCUT2D eigenvalue weighted by Crippen LogP contribution is 2.27. The maximum absolute atomic E-state index is 13.1. The molecule has 1 atom stereocenters. The van der Waals surface area contributed by atoms with Crippen LogP contribution in [0.15, 0.2) is 78.9 Å². The normalized spacial score (nSPS) is 12.3. The Hall–Kier alpha value is -3.57. The summed E-state index contributed by atoms with van der Waals surface area (Å²) < 4.78 is 2.02. The SMILES string of the molecule is Cn1c(C(NC(=O)Cc2cc3ccccc3[nH]2)c2cccc(Cl)c2)nc2ccccc21. The van der Waals surface area contributed by atoms with Crippen molar-refractivity contribution in [3.05, 3.63) is 101 Å². The number of nitrogens with zero attached hydrogens (tertiary/aromatic N) is 2. The van der Waals surface area contributed by atoms with Crippen molar-refractivity contribution in [2.45, 2.75) is 12.5 Å². The van der Waals surface area contributed by atoms with E-state index in [0.29, 0.717) is 5.02 Å². The van der Waals surface area contributed by atoms with E-state index in [-0.39, 0.29) is 12.3 Å². The number of para-hydroxylation sites is 3. The number of hydrogen-bond donors (Lipinski definition) is 2. The van der Waals surface area contributed by atoms with Gasteiger partial charge in [-0.3, -0.25) is 4.79 Å². The molecule has 154 valence electrons. The highest BCUT2D eigenvalue weighted by Gasteiger charge is 2.23. The Labute approximate surface area is 184 Å². The van der Waals surface area contributed by atoms with Gasteiger partial charge in [0, 0.05) is 23.3 Å². The van der Waals surface area contributed by atoms with Crippen LogP contribution < -0.4 is 5.32 Å². The summed E-state index contributed by atoms with van der Waals surface area (Å²) in [5.41, 5.74) is 4.67. The van der Waals surface area contributed by atoms with Crippen LogP contribution in [0.25, 0.3) is 21.9 Å². The van der Waals surface area contributed by atoms with Crippen LogP contribution in [0.2, 0.25) is 5.02 Å². The van der Waals surface area contributed by atoms with Crippen LogP contribution in [0.3, 0.4) is 0 Å². The minimum absolute atomic E-state index is 0.0939. The number of rotatable bonds is 5. The van der Waals surface area contributed by atoms with Gasteiger partial charge in [-0.05, 0) is 47.3 Å². The Balaban J connectivity index is 1.49. The van der Waals surface area contributed by atoms with Gasteiger partial charge in [0.25, 0.3) is 0 Å². The summed E-state index contributed by atoms with van der Waals surface area (Å²) in [6.07, 6.45) is 0.246. The lowest BCUT2D eigenvalue weighted by molar-refractivity contribution is -0.121. The fourth-order valence-corrected chi connectivity index (χ4v) is 4.22. The third kappa shape index (κ3) is 3.80. The van der Waals surface area contributed by atoms with E-state index in [1.54, 1.807) is 0 Å². The van der Waals surface area contributed by atoms with Gasteiger partial charge < -0.3 is 14.9 Å². The molecule has 1 unspecified atom stereocenters. The second-order valence-corrected chi connectivity index (χ2v) is 8.07. The number of benzene rings is 3. The molecule has 0 radical (unpaired) electrons. The zero-order chi connectivity index (χ0) is 21.4. The molecule has 0 bridgehead atoms. The molecule has 5 aromatic rings. The summed E-state index contributed by atoms with van der Waals surface area (Å²) in [5.74, 6) is 0.664. The van der Waals surface area contributed by atoms with Crippen LogP contribution >= 0.6 is 11.6 Å². The molecule has 2 N–H and O–H groups in total. The van der Waals surface area contributed by atoms with Crippen LogP contribution in [-0.4, -0.2) is 20.4 Å². The number of aromatic amines is 1. The van der Waals surface area contributed by atoms with Crippen LogP contribution in [0.5, 0.6) is 0 Å². The summed E-state index contributed by atoms with van der Waals surface area (Å²) in [6.45, 7) is 0. The van der Waals surface area contributed by atoms with Crippen LogP contribution in [0.4, 0.5) is 0 Å². The zero-order valence-electron chi connectivity index (χ0n) is 17.0. The van der Waals surface area contributed by atoms with E-state index >= 15 is 0 Å². The van der Waals surface area contributed by atoms with E-state index in [0.717, 1.165) is 39.0 Å². The number of carbonyl (C=O) groups excluding carboxylic acids is 1. The van der Waals surface area contributed by atoms with E-state index in [1.807, 2.05) is 90.5 Å². The van der Waals surface area contributed by atoms with Gasteiger partial charge in [0.15, 0.2) is 0 Å². The molecule has 6 heteroatoms. The largest absolute Gasteiger partial charge is 0.358 e. The third-order valence-electron chi connectivity index (χ3n) is 5.50. The topological polar surface area (TPSA) is 62.7 Å². The van der Waals surface area contributed by atoms with Gasteiger partial charge in [0.2, 0.25) is 5.91 Å². The minimum atomic E-state index is -0.423. The molecule has 0 saturated carbocycles. The molecule has 5 nitrogen and oxygen atoms in total. The summed E-state index contributed by atoms with van der Waals surface area (Å²) in [6, 6.07) is 25.1. The molecule has 0 aliphatic rings. The number of amides is 1. The third-order valence-corrected chi connectivity index (χ3v) is 5.74. The van der Waals surface area contributed by atoms with E-state index in [2.05, 4.69) is 10.3 Å². The first-order valence-corrected chi connectivity index (χ1v) is 10.5. The molecule has 0 aliphatic heterocycles. The van der Waals surface area contributed by atoms with Crippen molar-refractivity contribution < 1.29 is 4.79 Å². The van der Waals surface area contributed by atoms with Crippen molar-refractivity contribution in [3.63, 3.8) is 0 Å². The fourth-order valence-electron chi connectivity index (χ4n) is 4.02. The van der Waals surface area contributed by atoms with E-state index in [4.69, 9.17) is 16.6 Å². The average Bonchev–Trinajstić information content (AvgIpc) is 3.32. The highest BCUT2D eigenvalue weighted by atomic mass is 35.5. The number of hydrogen-bond acceptors (Lipinski definition) is 2. The first-order valence-electron chi connectivity index (χ1n) is 10.1. The van der Waals surface area contributed by atoms with Gasteiger partial charge in [-0.1, -0.05) is 54.1 Å². The average molecular weight is 429 g/mol. The smallest absolute Gasteiger partial charge is 0.226 e. The molecule has 2 heterocycles. The maximum Gasteiger partial charge on any atom is 0.226 e. The molecule has 0 aliphatic carbocycles. The first-order chi connectivity index (χ1) is 15.1. The van der Waals surface area contributed by atoms with Crippen LogP contribution in [-0.2, 0) is 18.3 Å². The predicted octanol–water partition coefficient (Wildman–Crippen LogP) is 5.16. The van der Waals surface area contributed by atoms with Crippen molar-refractivity contribution in [1.82, 2.24) is 19.9 Å². The highest BCUT2D eigenvalue weighted by molar-refractivity contribution is 6.30. The standard InChI is InChI=1S/C25H21ClN4O/c1-30-22-12-5-4-11-21(22)28-25(30)24(17-8-6-9-18(26)13-17)29-23(31)15-19-14-16-7-2-3-10-20(16)27-19/h2-14,24,27H,15H2,1H3,(H,29,31). The second-order valence-electron chi connectivity index (χ2n) is 7.63. The number of nitrogens with one attached hydrogen (secondary N) is 2. The van der Waals surface area contributed by atoms with Crippen LogP contribution in [0.1, 0.15) is 23.1 Å². The van der Waals surface area contributed by atoms with Crippen molar-refractivity contribution >= 4 is 39.4 Å². The monoisotopic (exact) mass is 428 g/mol. The molecular formula is C25H21ClN4O. The van der Waals surface area contributed by atoms with Crippen molar-refractivity contribution in [3.8, 4) is 0 Å². The Morgan fingerprint density at radius 3 is 2.68 bits per heavy atom. The molecule has 1 amide bonds. The van der Waals surface area contributed by atoms with E-state index < -0.39 is 6.04 Å². The molecular weight excluding hydrogens is 408 g/mol. The van der Waals surface area contributed by atoms with Gasteiger partial charge >= 0.3 is 0 Å². The quantitative estimate of drug-likeness (QED) is 0.406. The molecule has 0 spiro atoms. The Kier molecular flexibility index (Phi) is 4.96. The zero-order valence-corrected chi connectivity index (χ0v) is 17.7. The molecule has 0 fully saturated rings. The summed E-state index contributed by atoms with van der Waals surface area (Å²) >= 11 is 6.26. The number of halogens is 1. The fraction of sp³-hybridized carbons (Fsp3) is 0.120. The van der Waals surface area contributed by atoms with Gasteiger partial charge in [-0.25, -0.2) is 4.98 Å². The number of imidazole rings is 1. The van der Waals surface area contributed by atoms with Gasteiger partial charge in [-0.2, -0.15) is 0 Å². The molecule has 0 saturated heterocycles. The lowest BCUT2D eigenvalue weighted by Crippen LogP contribution is -2.32. The van der Waals surface area contributed by atoms with Gasteiger partial charge in [-0.15, -0.1) is 0 Å². The lowest BCUT2D eigenvalue weighted by atomic mass is 10.1. The second kappa shape index (κ2) is 7.93. The number of aromatic nitrogens is 3. The van der Waals surface area contributed by atoms with Crippen molar-refractivity contribution in [2.24, 2.45) is 7.05 Å². The van der Waals surface area contributed by atoms with Crippen molar-refractivity contribution in [1.29, 1.82) is 0 Å².